The molecule has 5 aliphatic rings. The predicted octanol–water partition coefficient (Wildman–Crippen LogP) is 7.44. The van der Waals surface area contributed by atoms with Gasteiger partial charge < -0.3 is 10.0 Å². The molecule has 1 saturated heterocycles. The van der Waals surface area contributed by atoms with Crippen LogP contribution < -0.4 is 0 Å². The Balaban J connectivity index is 1.20. The van der Waals surface area contributed by atoms with Crippen molar-refractivity contribution in [1.82, 2.24) is 4.90 Å². The Morgan fingerprint density at radius 1 is 0.971 bits per heavy atom. The van der Waals surface area contributed by atoms with Gasteiger partial charge in [0.05, 0.1) is 6.10 Å². The first-order chi connectivity index (χ1) is 16.6. The van der Waals surface area contributed by atoms with Crippen molar-refractivity contribution in [2.75, 3.05) is 13.1 Å². The third-order valence-corrected chi connectivity index (χ3v) is 11.6. The van der Waals surface area contributed by atoms with E-state index in [-0.39, 0.29) is 11.5 Å². The van der Waals surface area contributed by atoms with E-state index in [1.807, 2.05) is 0 Å². The number of nitrogens with zero attached hydrogens (tertiary/aromatic N) is 1. The van der Waals surface area contributed by atoms with Crippen LogP contribution >= 0.6 is 0 Å². The van der Waals surface area contributed by atoms with E-state index in [0.717, 1.165) is 42.1 Å². The van der Waals surface area contributed by atoms with Crippen LogP contribution in [0.1, 0.15) is 126 Å². The molecule has 4 aliphatic carbocycles. The zero-order valence-corrected chi connectivity index (χ0v) is 22.0. The molecule has 1 N–H and O–H groups in total. The van der Waals surface area contributed by atoms with Gasteiger partial charge in [0.15, 0.2) is 0 Å². The van der Waals surface area contributed by atoms with Crippen molar-refractivity contribution in [3.63, 3.8) is 0 Å². The second-order valence-corrected chi connectivity index (χ2v) is 13.2. The Morgan fingerprint density at radius 2 is 1.76 bits per heavy atom. The summed E-state index contributed by atoms with van der Waals surface area (Å²) in [5.74, 6) is 3.88. The summed E-state index contributed by atoms with van der Waals surface area (Å²) in [5, 5.41) is 10.9. The number of benzene rings is 1. The van der Waals surface area contributed by atoms with Crippen molar-refractivity contribution >= 4 is 0 Å². The Bertz CT molecular complexity index is 851. The summed E-state index contributed by atoms with van der Waals surface area (Å²) in [5.41, 5.74) is 5.24. The number of hydrogen-bond donors (Lipinski definition) is 1. The number of piperidine rings is 1. The summed E-state index contributed by atoms with van der Waals surface area (Å²) in [6.45, 7) is 7.51. The third-order valence-electron chi connectivity index (χ3n) is 11.6. The van der Waals surface area contributed by atoms with E-state index < -0.39 is 0 Å². The van der Waals surface area contributed by atoms with Crippen molar-refractivity contribution in [3.8, 4) is 0 Å². The number of aliphatic hydroxyl groups excluding tert-OH is 1. The van der Waals surface area contributed by atoms with E-state index in [2.05, 4.69) is 36.9 Å². The third kappa shape index (κ3) is 4.00. The normalized spacial score (nSPS) is 42.6. The highest BCUT2D eigenvalue weighted by atomic mass is 16.3. The highest BCUT2D eigenvalue weighted by Crippen LogP contribution is 2.62. The number of rotatable bonds is 4. The van der Waals surface area contributed by atoms with Crippen molar-refractivity contribution in [2.24, 2.45) is 23.2 Å². The maximum Gasteiger partial charge on any atom is 0.0596 e. The van der Waals surface area contributed by atoms with Gasteiger partial charge in [0, 0.05) is 6.04 Å². The number of aliphatic hydroxyl groups is 1. The Hall–Kier alpha value is -0.860. The molecule has 0 radical (unpaired) electrons. The highest BCUT2D eigenvalue weighted by Gasteiger charge is 2.56. The lowest BCUT2D eigenvalue weighted by molar-refractivity contribution is -0.0394. The van der Waals surface area contributed by atoms with Gasteiger partial charge in [0.1, 0.15) is 0 Å². The first kappa shape index (κ1) is 23.5. The monoisotopic (exact) mass is 463 g/mol. The first-order valence-corrected chi connectivity index (χ1v) is 15.1. The van der Waals surface area contributed by atoms with Gasteiger partial charge in [0.2, 0.25) is 0 Å². The Labute approximate surface area is 208 Å². The molecule has 0 bridgehead atoms. The molecule has 0 spiro atoms. The van der Waals surface area contributed by atoms with Crippen molar-refractivity contribution in [1.29, 1.82) is 0 Å². The maximum atomic E-state index is 10.9. The minimum Gasteiger partial charge on any atom is -0.393 e. The summed E-state index contributed by atoms with van der Waals surface area (Å²) in [4.78, 5) is 2.82. The van der Waals surface area contributed by atoms with Crippen LogP contribution in [0.3, 0.4) is 0 Å². The van der Waals surface area contributed by atoms with Crippen LogP contribution in [0.4, 0.5) is 0 Å². The lowest BCUT2D eigenvalue weighted by atomic mass is 9.52. The Kier molecular flexibility index (Phi) is 6.61. The van der Waals surface area contributed by atoms with Gasteiger partial charge in [-0.2, -0.15) is 0 Å². The van der Waals surface area contributed by atoms with Gasteiger partial charge in [-0.3, -0.25) is 0 Å². The average Bonchev–Trinajstić information content (AvgIpc) is 3.18. The highest BCUT2D eigenvalue weighted by molar-refractivity contribution is 5.40. The molecular weight excluding hydrogens is 414 g/mol. The van der Waals surface area contributed by atoms with Crippen LogP contribution in [0.25, 0.3) is 0 Å². The molecule has 6 atom stereocenters. The molecule has 188 valence electrons. The summed E-state index contributed by atoms with van der Waals surface area (Å²) < 4.78 is 0. The fourth-order valence-corrected chi connectivity index (χ4v) is 9.75. The molecule has 1 heterocycles. The van der Waals surface area contributed by atoms with Crippen molar-refractivity contribution in [3.05, 3.63) is 34.9 Å². The second-order valence-electron chi connectivity index (χ2n) is 13.2. The van der Waals surface area contributed by atoms with E-state index in [9.17, 15) is 5.11 Å². The predicted molar refractivity (Wildman–Crippen MR) is 141 cm³/mol. The molecule has 1 aromatic carbocycles. The minimum absolute atomic E-state index is 0.0652. The van der Waals surface area contributed by atoms with Crippen LogP contribution in [0.5, 0.6) is 0 Å². The minimum atomic E-state index is -0.0652. The van der Waals surface area contributed by atoms with Crippen LogP contribution in [0.2, 0.25) is 0 Å². The summed E-state index contributed by atoms with van der Waals surface area (Å²) in [6, 6.07) is 8.66. The quantitative estimate of drug-likeness (QED) is 0.501. The van der Waals surface area contributed by atoms with E-state index in [0.29, 0.717) is 0 Å². The van der Waals surface area contributed by atoms with E-state index in [1.165, 1.54) is 96.6 Å². The van der Waals surface area contributed by atoms with E-state index in [1.54, 1.807) is 16.7 Å². The maximum absolute atomic E-state index is 10.9. The number of fused-ring (bicyclic) bond motifs is 5. The summed E-state index contributed by atoms with van der Waals surface area (Å²) in [7, 11) is 0. The van der Waals surface area contributed by atoms with Gasteiger partial charge in [-0.1, -0.05) is 51.3 Å². The first-order valence-electron chi connectivity index (χ1n) is 15.1. The van der Waals surface area contributed by atoms with Crippen LogP contribution in [-0.2, 0) is 6.42 Å². The zero-order valence-electron chi connectivity index (χ0n) is 22.0. The topological polar surface area (TPSA) is 23.5 Å². The van der Waals surface area contributed by atoms with Gasteiger partial charge in [-0.25, -0.2) is 0 Å². The smallest absolute Gasteiger partial charge is 0.0596 e. The standard InChI is InChI=1S/C32H49NO/c1-3-7-24-21-25-20-23(22-8-11-26(12-9-22)33-18-5-4-6-19-33)10-13-27(25)28-16-17-32(2)29(31(24)28)14-15-30(32)34/h10,13,20,22,24,26,28-31,34H,3-9,11-12,14-19,21H2,1-2H3/t22?,24-,26?,28-,29+,30+,31-,32+/m1/s1. The molecule has 6 rings (SSSR count). The number of likely N-dealkylation sites (tertiary alicyclic amines) is 1. The molecule has 4 fully saturated rings. The van der Waals surface area contributed by atoms with E-state index in [4.69, 9.17) is 0 Å². The van der Waals surface area contributed by atoms with Crippen LogP contribution in [0, 0.1) is 23.2 Å². The second kappa shape index (κ2) is 9.55. The van der Waals surface area contributed by atoms with Gasteiger partial charge in [0.25, 0.3) is 0 Å². The van der Waals surface area contributed by atoms with Crippen molar-refractivity contribution < 1.29 is 5.11 Å². The lowest BCUT2D eigenvalue weighted by Gasteiger charge is -2.53. The Morgan fingerprint density at radius 3 is 2.53 bits per heavy atom. The fourth-order valence-electron chi connectivity index (χ4n) is 9.75. The van der Waals surface area contributed by atoms with Gasteiger partial charge in [-0.15, -0.1) is 0 Å². The summed E-state index contributed by atoms with van der Waals surface area (Å²) >= 11 is 0. The molecule has 2 nitrogen and oxygen atoms in total. The largest absolute Gasteiger partial charge is 0.393 e. The lowest BCUT2D eigenvalue weighted by Crippen LogP contribution is -2.47. The van der Waals surface area contributed by atoms with E-state index >= 15 is 0 Å². The molecule has 0 unspecified atom stereocenters. The molecule has 2 heteroatoms. The SMILES string of the molecule is CCC[C@@H]1Cc2cc(C3CCC(N4CCCCC4)CC3)ccc2[C@H]2CC[C@]3(C)[C@@H](O)CC[C@H]3[C@H]12. The molecule has 1 aromatic rings. The molecule has 34 heavy (non-hydrogen) atoms. The average molecular weight is 464 g/mol. The zero-order chi connectivity index (χ0) is 23.3. The molecule has 3 saturated carbocycles. The van der Waals surface area contributed by atoms with Gasteiger partial charge in [-0.05, 0) is 135 Å². The molecular formula is C32H49NO. The summed E-state index contributed by atoms with van der Waals surface area (Å²) in [6.07, 6.45) is 18.6. The van der Waals surface area contributed by atoms with Crippen molar-refractivity contribution in [2.45, 2.75) is 128 Å². The van der Waals surface area contributed by atoms with Crippen LogP contribution in [-0.4, -0.2) is 35.2 Å². The molecule has 0 amide bonds. The molecule has 1 aliphatic heterocycles. The molecule has 0 aromatic heterocycles. The fraction of sp³-hybridized carbons (Fsp3) is 0.812. The number of hydrogen-bond acceptors (Lipinski definition) is 2. The van der Waals surface area contributed by atoms with Gasteiger partial charge >= 0.3 is 0 Å². The van der Waals surface area contributed by atoms with Crippen LogP contribution in [0.15, 0.2) is 18.2 Å².